The molecule has 2 N–H and O–H groups in total. The Hall–Kier alpha value is -4.27. The maximum absolute atomic E-state index is 13.0. The van der Waals surface area contributed by atoms with Crippen LogP contribution in [0.25, 0.3) is 22.2 Å². The smallest absolute Gasteiger partial charge is 0.262 e. The van der Waals surface area contributed by atoms with E-state index < -0.39 is 0 Å². The van der Waals surface area contributed by atoms with E-state index in [-0.39, 0.29) is 12.4 Å². The number of benzene rings is 2. The summed E-state index contributed by atoms with van der Waals surface area (Å²) < 4.78 is 22.0. The normalized spacial score (nSPS) is 13.9. The number of pyridine rings is 1. The zero-order chi connectivity index (χ0) is 21.5. The number of fused-ring (bicyclic) bond motifs is 3. The van der Waals surface area contributed by atoms with Gasteiger partial charge in [-0.2, -0.15) is 4.98 Å². The topological polar surface area (TPSA) is 108 Å². The lowest BCUT2D eigenvalue weighted by Gasteiger charge is -2.19. The van der Waals surface area contributed by atoms with Crippen molar-refractivity contribution in [2.24, 2.45) is 0 Å². The Labute approximate surface area is 181 Å². The SMILES string of the molecule is O=c1[nH]c(NCc2ccc3c(c2)OCCO3)nc2nccc(-c3ccc4c(c3)OCO4)c12. The number of H-pyrrole nitrogens is 1. The fourth-order valence-electron chi connectivity index (χ4n) is 3.84. The van der Waals surface area contributed by atoms with Crippen LogP contribution in [0.4, 0.5) is 5.95 Å². The largest absolute Gasteiger partial charge is 0.486 e. The van der Waals surface area contributed by atoms with E-state index in [4.69, 9.17) is 18.9 Å². The number of nitrogens with one attached hydrogen (secondary N) is 2. The summed E-state index contributed by atoms with van der Waals surface area (Å²) in [6, 6.07) is 13.1. The molecule has 6 rings (SSSR count). The number of hydrogen-bond donors (Lipinski definition) is 2. The van der Waals surface area contributed by atoms with E-state index >= 15 is 0 Å². The summed E-state index contributed by atoms with van der Waals surface area (Å²) in [6.07, 6.45) is 1.64. The van der Waals surface area contributed by atoms with Crippen molar-refractivity contribution in [3.8, 4) is 34.1 Å². The summed E-state index contributed by atoms with van der Waals surface area (Å²) in [5.74, 6) is 3.12. The van der Waals surface area contributed by atoms with Gasteiger partial charge in [0.25, 0.3) is 5.56 Å². The lowest BCUT2D eigenvalue weighted by Crippen LogP contribution is -2.16. The van der Waals surface area contributed by atoms with Gasteiger partial charge in [0.15, 0.2) is 28.6 Å². The molecule has 0 atom stereocenters. The summed E-state index contributed by atoms with van der Waals surface area (Å²) in [7, 11) is 0. The molecular weight excluding hydrogens is 412 g/mol. The highest BCUT2D eigenvalue weighted by Crippen LogP contribution is 2.37. The van der Waals surface area contributed by atoms with Crippen molar-refractivity contribution < 1.29 is 18.9 Å². The van der Waals surface area contributed by atoms with Gasteiger partial charge >= 0.3 is 0 Å². The van der Waals surface area contributed by atoms with Crippen molar-refractivity contribution in [2.75, 3.05) is 25.3 Å². The molecule has 160 valence electrons. The minimum Gasteiger partial charge on any atom is -0.486 e. The number of hydrogen-bond acceptors (Lipinski definition) is 8. The molecule has 0 bridgehead atoms. The van der Waals surface area contributed by atoms with Crippen LogP contribution < -0.4 is 29.8 Å². The predicted octanol–water partition coefficient (Wildman–Crippen LogP) is 3.10. The van der Waals surface area contributed by atoms with Crippen molar-refractivity contribution >= 4 is 17.0 Å². The second-order valence-corrected chi connectivity index (χ2v) is 7.37. The molecule has 2 aromatic heterocycles. The van der Waals surface area contributed by atoms with E-state index in [1.54, 1.807) is 12.3 Å². The molecule has 0 unspecified atom stereocenters. The summed E-state index contributed by atoms with van der Waals surface area (Å²) in [6.45, 7) is 1.72. The fourth-order valence-corrected chi connectivity index (χ4v) is 3.84. The minimum atomic E-state index is -0.277. The third kappa shape index (κ3) is 3.24. The number of aromatic amines is 1. The van der Waals surface area contributed by atoms with Gasteiger partial charge in [0.2, 0.25) is 12.7 Å². The molecule has 32 heavy (non-hydrogen) atoms. The minimum absolute atomic E-state index is 0.191. The highest BCUT2D eigenvalue weighted by atomic mass is 16.7. The molecule has 9 heteroatoms. The van der Waals surface area contributed by atoms with Gasteiger partial charge in [-0.3, -0.25) is 9.78 Å². The van der Waals surface area contributed by atoms with Crippen LogP contribution in [0, 0.1) is 0 Å². The lowest BCUT2D eigenvalue weighted by atomic mass is 10.0. The first-order chi connectivity index (χ1) is 15.7. The van der Waals surface area contributed by atoms with Gasteiger partial charge in [0.05, 0.1) is 5.39 Å². The van der Waals surface area contributed by atoms with E-state index in [1.165, 1.54) is 0 Å². The molecule has 0 saturated heterocycles. The predicted molar refractivity (Wildman–Crippen MR) is 116 cm³/mol. The highest BCUT2D eigenvalue weighted by molar-refractivity contribution is 5.92. The summed E-state index contributed by atoms with van der Waals surface area (Å²) in [4.78, 5) is 24.6. The van der Waals surface area contributed by atoms with Gasteiger partial charge in [0, 0.05) is 12.7 Å². The Bertz CT molecular complexity index is 1400. The van der Waals surface area contributed by atoms with Gasteiger partial charge in [-0.1, -0.05) is 12.1 Å². The standard InChI is InChI=1S/C23H18N4O5/c28-22-20-15(14-2-4-17-19(10-14)32-12-31-17)5-6-24-21(20)26-23(27-22)25-11-13-1-3-16-18(9-13)30-8-7-29-16/h1-6,9-10H,7-8,11-12H2,(H2,24,25,26,27,28). The number of anilines is 1. The van der Waals surface area contributed by atoms with Crippen LogP contribution in [0.15, 0.2) is 53.5 Å². The number of nitrogens with zero attached hydrogens (tertiary/aromatic N) is 2. The first-order valence-corrected chi connectivity index (χ1v) is 10.2. The maximum atomic E-state index is 13.0. The number of rotatable bonds is 4. The Kier molecular flexibility index (Phi) is 4.31. The molecule has 0 radical (unpaired) electrons. The Morgan fingerprint density at radius 2 is 1.69 bits per heavy atom. The van der Waals surface area contributed by atoms with Crippen LogP contribution in [-0.2, 0) is 6.54 Å². The van der Waals surface area contributed by atoms with Crippen LogP contribution in [-0.4, -0.2) is 35.0 Å². The summed E-state index contributed by atoms with van der Waals surface area (Å²) in [5.41, 5.74) is 2.60. The molecule has 0 aliphatic carbocycles. The zero-order valence-electron chi connectivity index (χ0n) is 16.9. The summed E-state index contributed by atoms with van der Waals surface area (Å²) >= 11 is 0. The fraction of sp³-hybridized carbons (Fsp3) is 0.174. The molecule has 0 saturated carbocycles. The lowest BCUT2D eigenvalue weighted by molar-refractivity contribution is 0.171. The third-order valence-electron chi connectivity index (χ3n) is 5.36. The first kappa shape index (κ1) is 18.5. The quantitative estimate of drug-likeness (QED) is 0.509. The molecule has 0 amide bonds. The third-order valence-corrected chi connectivity index (χ3v) is 5.36. The zero-order valence-corrected chi connectivity index (χ0v) is 16.9. The Morgan fingerprint density at radius 1 is 0.906 bits per heavy atom. The Balaban J connectivity index is 1.30. The van der Waals surface area contributed by atoms with E-state index in [0.29, 0.717) is 54.0 Å². The van der Waals surface area contributed by atoms with Crippen LogP contribution in [0.2, 0.25) is 0 Å². The van der Waals surface area contributed by atoms with Crippen molar-refractivity contribution in [3.05, 3.63) is 64.6 Å². The molecule has 4 heterocycles. The van der Waals surface area contributed by atoms with Crippen LogP contribution in [0.5, 0.6) is 23.0 Å². The molecule has 2 aliphatic heterocycles. The van der Waals surface area contributed by atoms with Crippen LogP contribution in [0.1, 0.15) is 5.56 Å². The van der Waals surface area contributed by atoms with Gasteiger partial charge in [0.1, 0.15) is 13.2 Å². The highest BCUT2D eigenvalue weighted by Gasteiger charge is 2.17. The Morgan fingerprint density at radius 3 is 2.62 bits per heavy atom. The summed E-state index contributed by atoms with van der Waals surface area (Å²) in [5, 5.41) is 3.57. The van der Waals surface area contributed by atoms with E-state index in [1.807, 2.05) is 36.4 Å². The molecule has 0 fully saturated rings. The maximum Gasteiger partial charge on any atom is 0.262 e. The molecule has 4 aromatic rings. The van der Waals surface area contributed by atoms with Crippen molar-refractivity contribution in [2.45, 2.75) is 6.54 Å². The van der Waals surface area contributed by atoms with Crippen molar-refractivity contribution in [1.29, 1.82) is 0 Å². The molecule has 9 nitrogen and oxygen atoms in total. The second-order valence-electron chi connectivity index (χ2n) is 7.37. The van der Waals surface area contributed by atoms with Gasteiger partial charge in [-0.25, -0.2) is 4.98 Å². The number of aromatic nitrogens is 3. The molecule has 2 aliphatic rings. The van der Waals surface area contributed by atoms with E-state index in [0.717, 1.165) is 22.4 Å². The molecule has 2 aromatic carbocycles. The first-order valence-electron chi connectivity index (χ1n) is 10.2. The van der Waals surface area contributed by atoms with Gasteiger partial charge in [-0.15, -0.1) is 0 Å². The van der Waals surface area contributed by atoms with Crippen molar-refractivity contribution in [1.82, 2.24) is 15.0 Å². The van der Waals surface area contributed by atoms with Crippen molar-refractivity contribution in [3.63, 3.8) is 0 Å². The van der Waals surface area contributed by atoms with E-state index in [9.17, 15) is 4.79 Å². The monoisotopic (exact) mass is 430 g/mol. The average Bonchev–Trinajstić information content (AvgIpc) is 3.30. The average molecular weight is 430 g/mol. The molecular formula is C23H18N4O5. The van der Waals surface area contributed by atoms with Gasteiger partial charge < -0.3 is 24.3 Å². The molecule has 0 spiro atoms. The second kappa shape index (κ2) is 7.45. The van der Waals surface area contributed by atoms with Crippen LogP contribution >= 0.6 is 0 Å². The van der Waals surface area contributed by atoms with Crippen LogP contribution in [0.3, 0.4) is 0 Å². The van der Waals surface area contributed by atoms with E-state index in [2.05, 4.69) is 20.3 Å². The van der Waals surface area contributed by atoms with Gasteiger partial charge in [-0.05, 0) is 47.0 Å². The number of ether oxygens (including phenoxy) is 4.